The number of benzene rings is 1. The molecule has 0 saturated carbocycles. The number of amides is 1. The molecule has 31 heavy (non-hydrogen) atoms. The van der Waals surface area contributed by atoms with Gasteiger partial charge in [0.05, 0.1) is 18.2 Å². The van der Waals surface area contributed by atoms with E-state index in [0.717, 1.165) is 35.8 Å². The van der Waals surface area contributed by atoms with Gasteiger partial charge in [-0.15, -0.1) is 11.3 Å². The van der Waals surface area contributed by atoms with Gasteiger partial charge in [-0.3, -0.25) is 4.79 Å². The molecule has 1 amide bonds. The van der Waals surface area contributed by atoms with Crippen molar-refractivity contribution >= 4 is 28.2 Å². The van der Waals surface area contributed by atoms with E-state index >= 15 is 0 Å². The Kier molecular flexibility index (Phi) is 7.07. The van der Waals surface area contributed by atoms with Crippen LogP contribution in [0.15, 0.2) is 18.2 Å². The topological polar surface area (TPSA) is 97.6 Å². The number of anilines is 1. The Morgan fingerprint density at radius 1 is 1.35 bits per heavy atom. The smallest absolute Gasteiger partial charge is 0.387 e. The van der Waals surface area contributed by atoms with Crippen LogP contribution in [0.1, 0.15) is 39.7 Å². The maximum Gasteiger partial charge on any atom is 0.387 e. The molecule has 0 radical (unpaired) electrons. The lowest BCUT2D eigenvalue weighted by molar-refractivity contribution is -0.119. The molecule has 2 aromatic rings. The second-order valence-corrected chi connectivity index (χ2v) is 8.14. The van der Waals surface area contributed by atoms with Crippen LogP contribution in [0.25, 0.3) is 0 Å². The number of rotatable bonds is 7. The third-order valence-corrected chi connectivity index (χ3v) is 6.00. The summed E-state index contributed by atoms with van der Waals surface area (Å²) in [5.41, 5.74) is 1.45. The molecule has 3 rings (SSSR count). The number of hydrogen-bond donors (Lipinski definition) is 1. The molecule has 1 atom stereocenters. The number of methoxy groups -OCH3 is 1. The predicted molar refractivity (Wildman–Crippen MR) is 109 cm³/mol. The molecule has 164 valence electrons. The molecule has 0 saturated heterocycles. The Morgan fingerprint density at radius 2 is 2.13 bits per heavy atom. The van der Waals surface area contributed by atoms with Crippen molar-refractivity contribution in [3.05, 3.63) is 39.8 Å². The van der Waals surface area contributed by atoms with Crippen LogP contribution in [0.3, 0.4) is 0 Å². The molecule has 1 aromatic heterocycles. The van der Waals surface area contributed by atoms with Crippen LogP contribution in [-0.4, -0.2) is 32.2 Å². The molecule has 0 unspecified atom stereocenters. The van der Waals surface area contributed by atoms with Crippen molar-refractivity contribution in [3.8, 4) is 17.6 Å². The Labute approximate surface area is 181 Å². The Bertz CT molecular complexity index is 1030. The first-order chi connectivity index (χ1) is 14.8. The lowest BCUT2D eigenvalue weighted by Gasteiger charge is -2.17. The van der Waals surface area contributed by atoms with Gasteiger partial charge >= 0.3 is 12.6 Å². The molecule has 1 aliphatic rings. The van der Waals surface area contributed by atoms with Crippen LogP contribution in [0, 0.1) is 17.2 Å². The number of ether oxygens (including phenoxy) is 3. The van der Waals surface area contributed by atoms with Crippen molar-refractivity contribution < 1.29 is 32.6 Å². The molecule has 1 aromatic carbocycles. The van der Waals surface area contributed by atoms with Crippen molar-refractivity contribution in [1.29, 1.82) is 5.26 Å². The summed E-state index contributed by atoms with van der Waals surface area (Å²) in [5, 5.41) is 12.6. The van der Waals surface area contributed by atoms with Crippen molar-refractivity contribution in [2.45, 2.75) is 32.8 Å². The van der Waals surface area contributed by atoms with Gasteiger partial charge in [0.2, 0.25) is 0 Å². The van der Waals surface area contributed by atoms with Gasteiger partial charge in [0, 0.05) is 4.88 Å². The number of thiophene rings is 1. The minimum atomic E-state index is -3.04. The molecule has 1 heterocycles. The molecule has 0 aliphatic heterocycles. The number of nitrogens with one attached hydrogen (secondary N) is 1. The van der Waals surface area contributed by atoms with Crippen LogP contribution < -0.4 is 14.8 Å². The zero-order valence-electron chi connectivity index (χ0n) is 16.9. The van der Waals surface area contributed by atoms with Gasteiger partial charge in [-0.1, -0.05) is 6.92 Å². The van der Waals surface area contributed by atoms with Gasteiger partial charge in [0.1, 0.15) is 11.1 Å². The summed E-state index contributed by atoms with van der Waals surface area (Å²) in [7, 11) is 1.24. The molecular weight excluding hydrogens is 430 g/mol. The quantitative estimate of drug-likeness (QED) is 0.637. The van der Waals surface area contributed by atoms with Crippen LogP contribution in [-0.2, 0) is 22.4 Å². The van der Waals surface area contributed by atoms with Gasteiger partial charge < -0.3 is 19.5 Å². The average Bonchev–Trinajstić information content (AvgIpc) is 3.07. The summed E-state index contributed by atoms with van der Waals surface area (Å²) in [5.74, 6) is -1.20. The van der Waals surface area contributed by atoms with E-state index in [1.807, 2.05) is 0 Å². The summed E-state index contributed by atoms with van der Waals surface area (Å²) in [6.45, 7) is -1.46. The van der Waals surface area contributed by atoms with Crippen LogP contribution in [0.2, 0.25) is 0 Å². The fraction of sp³-hybridized carbons (Fsp3) is 0.381. The number of alkyl halides is 2. The van der Waals surface area contributed by atoms with Crippen molar-refractivity contribution in [2.24, 2.45) is 5.92 Å². The first kappa shape index (κ1) is 22.5. The zero-order valence-corrected chi connectivity index (χ0v) is 17.7. The monoisotopic (exact) mass is 450 g/mol. The van der Waals surface area contributed by atoms with Gasteiger partial charge in [-0.25, -0.2) is 4.79 Å². The highest BCUT2D eigenvalue weighted by Gasteiger charge is 2.25. The maximum atomic E-state index is 12.4. The predicted octanol–water partition coefficient (Wildman–Crippen LogP) is 4.15. The first-order valence-corrected chi connectivity index (χ1v) is 10.3. The second kappa shape index (κ2) is 9.75. The standard InChI is InChI=1S/C21H20F2N2O5S/c1-11-3-5-13-14(9-24)19(31-17(13)7-11)25-18(26)10-29-20(27)12-4-6-15(30-21(22)23)16(8-12)28-2/h4,6,8,11,21H,3,5,7,10H2,1-2H3,(H,25,26)/t11-/m1/s1. The summed E-state index contributed by atoms with van der Waals surface area (Å²) in [6, 6.07) is 5.71. The molecule has 0 fully saturated rings. The molecule has 10 heteroatoms. The highest BCUT2D eigenvalue weighted by atomic mass is 32.1. The van der Waals surface area contributed by atoms with Crippen LogP contribution >= 0.6 is 11.3 Å². The molecular formula is C21H20F2N2O5S. The van der Waals surface area contributed by atoms with E-state index in [2.05, 4.69) is 23.0 Å². The van der Waals surface area contributed by atoms with E-state index in [9.17, 15) is 23.6 Å². The van der Waals surface area contributed by atoms with Crippen LogP contribution in [0.4, 0.5) is 13.8 Å². The van der Waals surface area contributed by atoms with E-state index in [1.54, 1.807) is 0 Å². The summed E-state index contributed by atoms with van der Waals surface area (Å²) in [4.78, 5) is 25.6. The number of hydrogen-bond acceptors (Lipinski definition) is 7. The van der Waals surface area contributed by atoms with E-state index in [4.69, 9.17) is 9.47 Å². The molecule has 0 spiro atoms. The Hall–Kier alpha value is -3.19. The normalized spacial score (nSPS) is 15.0. The second-order valence-electron chi connectivity index (χ2n) is 7.04. The minimum absolute atomic E-state index is 0.00422. The Balaban J connectivity index is 1.63. The van der Waals surface area contributed by atoms with Crippen LogP contribution in [0.5, 0.6) is 11.5 Å². The van der Waals surface area contributed by atoms with Gasteiger partial charge in [-0.05, 0) is 48.9 Å². The van der Waals surface area contributed by atoms with E-state index in [1.165, 1.54) is 30.6 Å². The number of carbonyl (C=O) groups excluding carboxylic acids is 2. The lowest BCUT2D eigenvalue weighted by Crippen LogP contribution is -2.21. The highest BCUT2D eigenvalue weighted by molar-refractivity contribution is 7.16. The van der Waals surface area contributed by atoms with Gasteiger partial charge in [0.15, 0.2) is 18.1 Å². The molecule has 1 N–H and O–H groups in total. The number of nitrogens with zero attached hydrogens (tertiary/aromatic N) is 1. The van der Waals surface area contributed by atoms with Crippen molar-refractivity contribution in [2.75, 3.05) is 19.0 Å². The molecule has 1 aliphatic carbocycles. The lowest BCUT2D eigenvalue weighted by atomic mass is 9.89. The summed E-state index contributed by atoms with van der Waals surface area (Å²) < 4.78 is 39.0. The third kappa shape index (κ3) is 5.30. The number of halogens is 2. The van der Waals surface area contributed by atoms with Gasteiger partial charge in [0.25, 0.3) is 5.91 Å². The Morgan fingerprint density at radius 3 is 2.81 bits per heavy atom. The van der Waals surface area contributed by atoms with Crippen molar-refractivity contribution in [1.82, 2.24) is 0 Å². The molecule has 7 nitrogen and oxygen atoms in total. The number of fused-ring (bicyclic) bond motifs is 1. The first-order valence-electron chi connectivity index (χ1n) is 9.46. The summed E-state index contributed by atoms with van der Waals surface area (Å²) in [6.07, 6.45) is 2.66. The third-order valence-electron chi connectivity index (χ3n) is 4.83. The highest BCUT2D eigenvalue weighted by Crippen LogP contribution is 2.39. The average molecular weight is 450 g/mol. The molecule has 0 bridgehead atoms. The number of carbonyl (C=O) groups is 2. The SMILES string of the molecule is COc1cc(C(=O)OCC(=O)Nc2sc3c(c2C#N)CC[C@@H](C)C3)ccc1OC(F)F. The maximum absolute atomic E-state index is 12.4. The fourth-order valence-electron chi connectivity index (χ4n) is 3.32. The van der Waals surface area contributed by atoms with Crippen molar-refractivity contribution in [3.63, 3.8) is 0 Å². The number of esters is 1. The minimum Gasteiger partial charge on any atom is -0.493 e. The zero-order chi connectivity index (χ0) is 22.5. The number of nitriles is 1. The van der Waals surface area contributed by atoms with E-state index in [0.29, 0.717) is 16.5 Å². The largest absolute Gasteiger partial charge is 0.493 e. The fourth-order valence-corrected chi connectivity index (χ4v) is 4.70. The van der Waals surface area contributed by atoms with Gasteiger partial charge in [-0.2, -0.15) is 14.0 Å². The van der Waals surface area contributed by atoms with E-state index < -0.39 is 25.1 Å². The summed E-state index contributed by atoms with van der Waals surface area (Å²) >= 11 is 1.37. The van der Waals surface area contributed by atoms with E-state index in [-0.39, 0.29) is 17.1 Å².